The molecule has 0 saturated carbocycles. The van der Waals surface area contributed by atoms with Gasteiger partial charge < -0.3 is 0 Å². The predicted molar refractivity (Wildman–Crippen MR) is 103 cm³/mol. The monoisotopic (exact) mass is 319 g/mol. The van der Waals surface area contributed by atoms with Crippen LogP contribution in [0.15, 0.2) is 48.6 Å². The lowest BCUT2D eigenvalue weighted by Gasteiger charge is -2.18. The van der Waals surface area contributed by atoms with Gasteiger partial charge in [0, 0.05) is 6.07 Å². The third-order valence-corrected chi connectivity index (χ3v) is 5.00. The predicted octanol–water partition coefficient (Wildman–Crippen LogP) is 5.89. The molecule has 0 atom stereocenters. The standard InChI is InChI=1S/C23H28N/c1-15(2)19-13-21(16(3)4)17(5)22(14-19)23-20-10-8-7-9-18(20)11-12-24(23)6/h7-16H,1-6H3/q+1/i7D. The van der Waals surface area contributed by atoms with Gasteiger partial charge in [-0.3, -0.25) is 0 Å². The molecule has 0 radical (unpaired) electrons. The molecule has 3 aromatic rings. The lowest BCUT2D eigenvalue weighted by molar-refractivity contribution is -0.659. The van der Waals surface area contributed by atoms with Crippen molar-refractivity contribution >= 4 is 10.8 Å². The first-order valence-electron chi connectivity index (χ1n) is 9.33. The Labute approximate surface area is 147 Å². The second-order valence-corrected chi connectivity index (χ2v) is 7.38. The van der Waals surface area contributed by atoms with Gasteiger partial charge >= 0.3 is 0 Å². The molecule has 0 fully saturated rings. The molecule has 1 heteroatoms. The van der Waals surface area contributed by atoms with E-state index in [0.29, 0.717) is 17.9 Å². The zero-order valence-corrected chi connectivity index (χ0v) is 15.6. The average molecular weight is 319 g/mol. The Bertz CT molecular complexity index is 938. The average Bonchev–Trinajstić information content (AvgIpc) is 2.55. The summed E-state index contributed by atoms with van der Waals surface area (Å²) in [5, 5.41) is 2.33. The summed E-state index contributed by atoms with van der Waals surface area (Å²) in [5.74, 6) is 0.995. The highest BCUT2D eigenvalue weighted by Crippen LogP contribution is 2.34. The van der Waals surface area contributed by atoms with Crippen molar-refractivity contribution in [1.82, 2.24) is 0 Å². The van der Waals surface area contributed by atoms with E-state index >= 15 is 0 Å². The largest absolute Gasteiger partial charge is 0.220 e. The lowest BCUT2D eigenvalue weighted by atomic mass is 9.86. The van der Waals surface area contributed by atoms with Crippen LogP contribution in [-0.2, 0) is 7.05 Å². The number of aryl methyl sites for hydroxylation is 1. The molecule has 1 nitrogen and oxygen atoms in total. The molecule has 0 aliphatic rings. The van der Waals surface area contributed by atoms with Crippen molar-refractivity contribution < 1.29 is 5.94 Å². The number of benzene rings is 2. The Hall–Kier alpha value is -2.15. The van der Waals surface area contributed by atoms with E-state index in [4.69, 9.17) is 1.37 Å². The maximum Gasteiger partial charge on any atom is 0.220 e. The maximum absolute atomic E-state index is 7.92. The third-order valence-electron chi connectivity index (χ3n) is 5.00. The summed E-state index contributed by atoms with van der Waals surface area (Å²) >= 11 is 0. The van der Waals surface area contributed by atoms with Gasteiger partial charge in [0.15, 0.2) is 6.20 Å². The van der Waals surface area contributed by atoms with Crippen molar-refractivity contribution in [3.8, 4) is 11.3 Å². The van der Waals surface area contributed by atoms with Gasteiger partial charge in [-0.05, 0) is 53.0 Å². The number of rotatable bonds is 3. The molecule has 0 spiro atoms. The van der Waals surface area contributed by atoms with Crippen LogP contribution < -0.4 is 4.57 Å². The molecular formula is C23H28N+. The Morgan fingerprint density at radius 3 is 2.42 bits per heavy atom. The zero-order chi connectivity index (χ0) is 18.3. The van der Waals surface area contributed by atoms with Gasteiger partial charge in [0.25, 0.3) is 0 Å². The summed E-state index contributed by atoms with van der Waals surface area (Å²) in [6.07, 6.45) is 2.10. The van der Waals surface area contributed by atoms with Crippen LogP contribution in [0.2, 0.25) is 0 Å². The van der Waals surface area contributed by atoms with Crippen molar-refractivity contribution in [3.05, 3.63) is 65.3 Å². The van der Waals surface area contributed by atoms with Crippen molar-refractivity contribution in [3.63, 3.8) is 0 Å². The molecule has 0 N–H and O–H groups in total. The zero-order valence-electron chi connectivity index (χ0n) is 16.6. The van der Waals surface area contributed by atoms with Crippen LogP contribution in [0.25, 0.3) is 22.0 Å². The third kappa shape index (κ3) is 2.84. The summed E-state index contributed by atoms with van der Waals surface area (Å²) in [6, 6.07) is 13.3. The summed E-state index contributed by atoms with van der Waals surface area (Å²) in [6.45, 7) is 11.3. The van der Waals surface area contributed by atoms with E-state index in [1.54, 1.807) is 0 Å². The van der Waals surface area contributed by atoms with Gasteiger partial charge in [-0.2, -0.15) is 0 Å². The molecule has 0 aliphatic heterocycles. The molecule has 2 aromatic carbocycles. The first-order chi connectivity index (χ1) is 11.8. The Morgan fingerprint density at radius 2 is 1.75 bits per heavy atom. The number of pyridine rings is 1. The highest BCUT2D eigenvalue weighted by molar-refractivity contribution is 5.93. The number of fused-ring (bicyclic) bond motifs is 1. The van der Waals surface area contributed by atoms with Crippen LogP contribution in [0.4, 0.5) is 0 Å². The van der Waals surface area contributed by atoms with Gasteiger partial charge in [-0.25, -0.2) is 4.57 Å². The van der Waals surface area contributed by atoms with Crippen molar-refractivity contribution in [2.75, 3.05) is 0 Å². The normalized spacial score (nSPS) is 12.2. The fourth-order valence-corrected chi connectivity index (χ4v) is 3.53. The minimum absolute atomic E-state index is 0.497. The SMILES string of the molecule is [2H]c1ccc2c(-c3cc(C(C)C)cc(C(C)C)c3C)[n+](C)ccc2c1. The van der Waals surface area contributed by atoms with Crippen LogP contribution in [-0.4, -0.2) is 0 Å². The van der Waals surface area contributed by atoms with E-state index in [-0.39, 0.29) is 0 Å². The van der Waals surface area contributed by atoms with Gasteiger partial charge in [-0.1, -0.05) is 51.9 Å². The fraction of sp³-hybridized carbons (Fsp3) is 0.348. The maximum atomic E-state index is 7.92. The Morgan fingerprint density at radius 1 is 1.00 bits per heavy atom. The fourth-order valence-electron chi connectivity index (χ4n) is 3.53. The first-order valence-corrected chi connectivity index (χ1v) is 8.83. The molecule has 24 heavy (non-hydrogen) atoms. The molecular weight excluding hydrogens is 290 g/mol. The van der Waals surface area contributed by atoms with Crippen molar-refractivity contribution in [2.24, 2.45) is 7.05 Å². The van der Waals surface area contributed by atoms with Crippen molar-refractivity contribution in [1.29, 1.82) is 0 Å². The molecule has 0 unspecified atom stereocenters. The smallest absolute Gasteiger partial charge is 0.200 e. The summed E-state index contributed by atoms with van der Waals surface area (Å²) in [4.78, 5) is 0. The minimum Gasteiger partial charge on any atom is -0.200 e. The molecule has 0 amide bonds. The molecule has 0 aliphatic carbocycles. The molecule has 1 aromatic heterocycles. The summed E-state index contributed by atoms with van der Waals surface area (Å²) < 4.78 is 10.1. The second-order valence-electron chi connectivity index (χ2n) is 7.38. The van der Waals surface area contributed by atoms with E-state index in [1.165, 1.54) is 33.3 Å². The number of nitrogens with zero attached hydrogens (tertiary/aromatic N) is 1. The molecule has 124 valence electrons. The topological polar surface area (TPSA) is 3.88 Å². The van der Waals surface area contributed by atoms with E-state index in [1.807, 2.05) is 12.1 Å². The quantitative estimate of drug-likeness (QED) is 0.530. The van der Waals surface area contributed by atoms with E-state index in [9.17, 15) is 0 Å². The molecule has 0 saturated heterocycles. The highest BCUT2D eigenvalue weighted by atomic mass is 14.9. The van der Waals surface area contributed by atoms with Crippen LogP contribution in [0.1, 0.15) is 57.6 Å². The van der Waals surface area contributed by atoms with E-state index in [0.717, 1.165) is 5.39 Å². The van der Waals surface area contributed by atoms with E-state index < -0.39 is 0 Å². The van der Waals surface area contributed by atoms with E-state index in [2.05, 4.69) is 76.7 Å². The van der Waals surface area contributed by atoms with Crippen LogP contribution in [0, 0.1) is 6.92 Å². The van der Waals surface area contributed by atoms with Gasteiger partial charge in [0.2, 0.25) is 5.69 Å². The van der Waals surface area contributed by atoms with Gasteiger partial charge in [0.1, 0.15) is 7.05 Å². The van der Waals surface area contributed by atoms with Gasteiger partial charge in [-0.15, -0.1) is 0 Å². The molecule has 1 heterocycles. The summed E-state index contributed by atoms with van der Waals surface area (Å²) in [7, 11) is 2.11. The van der Waals surface area contributed by atoms with Crippen LogP contribution in [0.5, 0.6) is 0 Å². The molecule has 0 bridgehead atoms. The Balaban J connectivity index is 2.40. The van der Waals surface area contributed by atoms with Crippen molar-refractivity contribution in [2.45, 2.75) is 46.5 Å². The van der Waals surface area contributed by atoms with Crippen LogP contribution in [0.3, 0.4) is 0 Å². The highest BCUT2D eigenvalue weighted by Gasteiger charge is 2.21. The number of hydrogen-bond donors (Lipinski definition) is 0. The Kier molecular flexibility index (Phi) is 4.10. The van der Waals surface area contributed by atoms with Crippen LogP contribution >= 0.6 is 0 Å². The van der Waals surface area contributed by atoms with Gasteiger partial charge in [0.05, 0.1) is 12.3 Å². The second kappa shape index (κ2) is 6.39. The number of hydrogen-bond acceptors (Lipinski definition) is 0. The minimum atomic E-state index is 0.497. The first kappa shape index (κ1) is 15.4. The number of aromatic nitrogens is 1. The molecule has 3 rings (SSSR count). The summed E-state index contributed by atoms with van der Waals surface area (Å²) in [5.41, 5.74) is 6.71. The lowest BCUT2D eigenvalue weighted by Crippen LogP contribution is -2.31.